The van der Waals surface area contributed by atoms with Crippen molar-refractivity contribution in [3.05, 3.63) is 5.82 Å². The summed E-state index contributed by atoms with van der Waals surface area (Å²) >= 11 is 0.716. The van der Waals surface area contributed by atoms with Gasteiger partial charge in [-0.05, 0) is 20.8 Å². The number of carboxylic acids is 1. The van der Waals surface area contributed by atoms with Crippen molar-refractivity contribution in [1.29, 1.82) is 0 Å². The molecule has 126 valence electrons. The molecule has 2 amide bonds. The fourth-order valence-electron chi connectivity index (χ4n) is 1.07. The van der Waals surface area contributed by atoms with Crippen LogP contribution in [0.3, 0.4) is 0 Å². The molecule has 0 radical (unpaired) electrons. The van der Waals surface area contributed by atoms with Crippen molar-refractivity contribution in [2.75, 3.05) is 12.4 Å². The van der Waals surface area contributed by atoms with Gasteiger partial charge in [0.05, 0.1) is 0 Å². The summed E-state index contributed by atoms with van der Waals surface area (Å²) in [5.74, 6) is -1.83. The quantitative estimate of drug-likeness (QED) is 0.415. The number of carbonyl (C=O) groups excluding carboxylic acids is 2. The first-order valence-electron chi connectivity index (χ1n) is 6.16. The molecule has 0 aliphatic heterocycles. The van der Waals surface area contributed by atoms with E-state index < -0.39 is 29.5 Å². The number of carboxylic acid groups (broad SMARTS) is 1. The summed E-state index contributed by atoms with van der Waals surface area (Å²) < 4.78 is 8.75. The summed E-state index contributed by atoms with van der Waals surface area (Å²) in [5, 5.41) is 16.6. The highest BCUT2D eigenvalue weighted by Gasteiger charge is 2.22. The Labute approximate surface area is 134 Å². The van der Waals surface area contributed by atoms with Crippen molar-refractivity contribution in [1.82, 2.24) is 14.7 Å². The first kappa shape index (κ1) is 18.3. The van der Waals surface area contributed by atoms with Crippen molar-refractivity contribution in [3.63, 3.8) is 0 Å². The zero-order valence-electron chi connectivity index (χ0n) is 12.7. The van der Waals surface area contributed by atoms with E-state index in [2.05, 4.69) is 30.0 Å². The number of anilines is 1. The summed E-state index contributed by atoms with van der Waals surface area (Å²) in [6.45, 7) is 5.05. The molecular formula is C11H15N5O6S. The third kappa shape index (κ3) is 6.25. The predicted molar refractivity (Wildman–Crippen MR) is 79.5 cm³/mol. The molecule has 3 N–H and O–H groups in total. The van der Waals surface area contributed by atoms with E-state index in [1.54, 1.807) is 20.8 Å². The van der Waals surface area contributed by atoms with Crippen LogP contribution in [-0.2, 0) is 14.4 Å². The van der Waals surface area contributed by atoms with Gasteiger partial charge in [-0.25, -0.2) is 14.4 Å². The van der Waals surface area contributed by atoms with E-state index in [1.165, 1.54) is 7.05 Å². The lowest BCUT2D eigenvalue weighted by atomic mass is 10.2. The second kappa shape index (κ2) is 7.49. The summed E-state index contributed by atoms with van der Waals surface area (Å²) in [5.41, 5.74) is -1.39. The number of hydrogen-bond donors (Lipinski definition) is 3. The third-order valence-corrected chi connectivity index (χ3v) is 2.50. The van der Waals surface area contributed by atoms with Crippen LogP contribution >= 0.6 is 11.5 Å². The van der Waals surface area contributed by atoms with Crippen molar-refractivity contribution >= 4 is 40.5 Å². The molecular weight excluding hydrogens is 330 g/mol. The van der Waals surface area contributed by atoms with Gasteiger partial charge in [-0.3, -0.25) is 10.2 Å². The van der Waals surface area contributed by atoms with Gasteiger partial charge >= 0.3 is 18.2 Å². The first-order valence-corrected chi connectivity index (χ1v) is 6.94. The van der Waals surface area contributed by atoms with E-state index in [4.69, 9.17) is 9.84 Å². The Kier molecular flexibility index (Phi) is 5.95. The summed E-state index contributed by atoms with van der Waals surface area (Å²) in [6, 6.07) is 0. The van der Waals surface area contributed by atoms with Gasteiger partial charge < -0.3 is 15.2 Å². The molecule has 11 nitrogen and oxygen atoms in total. The summed E-state index contributed by atoms with van der Waals surface area (Å²) in [4.78, 5) is 41.6. The third-order valence-electron chi connectivity index (χ3n) is 1.87. The van der Waals surface area contributed by atoms with E-state index in [0.29, 0.717) is 11.5 Å². The molecule has 1 aromatic rings. The van der Waals surface area contributed by atoms with Crippen LogP contribution in [0, 0.1) is 0 Å². The number of oxime groups is 1. The topological polar surface area (TPSA) is 152 Å². The molecule has 0 aromatic carbocycles. The number of aliphatic carboxylic acids is 1. The van der Waals surface area contributed by atoms with Crippen LogP contribution in [0.25, 0.3) is 0 Å². The van der Waals surface area contributed by atoms with Crippen LogP contribution in [0.4, 0.5) is 14.7 Å². The standard InChI is InChI=1S/C11H15N5O6S/c1-11(2,3)21-10(20)14-8-13-6(16-23-8)5(7(17)18)15-22-9(19)12-4/h1-4H3,(H,12,19)(H,17,18)(H,13,14,16,20)/b15-5+. The predicted octanol–water partition coefficient (Wildman–Crippen LogP) is 1.03. The molecule has 23 heavy (non-hydrogen) atoms. The number of nitrogens with one attached hydrogen (secondary N) is 2. The van der Waals surface area contributed by atoms with E-state index >= 15 is 0 Å². The second-order valence-corrected chi connectivity index (χ2v) is 5.68. The lowest BCUT2D eigenvalue weighted by Gasteiger charge is -2.18. The number of aromatic nitrogens is 2. The second-order valence-electron chi connectivity index (χ2n) is 4.92. The van der Waals surface area contributed by atoms with Crippen LogP contribution in [0.15, 0.2) is 5.16 Å². The molecule has 1 rings (SSSR count). The lowest BCUT2D eigenvalue weighted by molar-refractivity contribution is -0.129. The van der Waals surface area contributed by atoms with Gasteiger partial charge in [0.25, 0.3) is 0 Å². The van der Waals surface area contributed by atoms with Crippen molar-refractivity contribution in [2.45, 2.75) is 26.4 Å². The molecule has 0 unspecified atom stereocenters. The van der Waals surface area contributed by atoms with Gasteiger partial charge in [0.15, 0.2) is 0 Å². The molecule has 0 spiro atoms. The van der Waals surface area contributed by atoms with Gasteiger partial charge in [0, 0.05) is 18.6 Å². The molecule has 0 saturated carbocycles. The van der Waals surface area contributed by atoms with E-state index in [-0.39, 0.29) is 11.0 Å². The summed E-state index contributed by atoms with van der Waals surface area (Å²) in [7, 11) is 1.28. The van der Waals surface area contributed by atoms with Gasteiger partial charge in [0.1, 0.15) is 5.60 Å². The minimum Gasteiger partial charge on any atom is -0.476 e. The van der Waals surface area contributed by atoms with Crippen LogP contribution in [0.5, 0.6) is 0 Å². The lowest BCUT2D eigenvalue weighted by Crippen LogP contribution is -2.27. The monoisotopic (exact) mass is 345 g/mol. The van der Waals surface area contributed by atoms with Crippen molar-refractivity contribution in [2.24, 2.45) is 5.16 Å². The average molecular weight is 345 g/mol. The minimum absolute atomic E-state index is 0.00291. The number of nitrogens with zero attached hydrogens (tertiary/aromatic N) is 3. The van der Waals surface area contributed by atoms with Crippen LogP contribution in [0.1, 0.15) is 26.6 Å². The Morgan fingerprint density at radius 3 is 2.43 bits per heavy atom. The number of rotatable bonds is 4. The number of amides is 2. The fraction of sp³-hybridized carbons (Fsp3) is 0.455. The SMILES string of the molecule is CNC(=O)O/N=C(/C(=O)O)c1nsc(NC(=O)OC(C)(C)C)n1. The number of carbonyl (C=O) groups is 3. The number of ether oxygens (including phenoxy) is 1. The average Bonchev–Trinajstić information content (AvgIpc) is 2.84. The van der Waals surface area contributed by atoms with E-state index in [9.17, 15) is 14.4 Å². The molecule has 1 aromatic heterocycles. The smallest absolute Gasteiger partial charge is 0.433 e. The molecule has 0 aliphatic rings. The van der Waals surface area contributed by atoms with Crippen LogP contribution < -0.4 is 10.6 Å². The van der Waals surface area contributed by atoms with Gasteiger partial charge in [-0.2, -0.15) is 9.36 Å². The first-order chi connectivity index (χ1) is 10.6. The van der Waals surface area contributed by atoms with Crippen LogP contribution in [-0.4, -0.2) is 51.0 Å². The zero-order chi connectivity index (χ0) is 17.6. The normalized spacial score (nSPS) is 11.6. The Morgan fingerprint density at radius 1 is 1.26 bits per heavy atom. The highest BCUT2D eigenvalue weighted by molar-refractivity contribution is 7.10. The zero-order valence-corrected chi connectivity index (χ0v) is 13.6. The minimum atomic E-state index is -1.50. The van der Waals surface area contributed by atoms with Gasteiger partial charge in [-0.15, -0.1) is 0 Å². The maximum absolute atomic E-state index is 11.6. The largest absolute Gasteiger partial charge is 0.476 e. The maximum atomic E-state index is 11.6. The Morgan fingerprint density at radius 2 is 1.91 bits per heavy atom. The molecule has 0 bridgehead atoms. The Bertz CT molecular complexity index is 635. The fourth-order valence-corrected chi connectivity index (χ4v) is 1.63. The van der Waals surface area contributed by atoms with E-state index in [0.717, 1.165) is 0 Å². The maximum Gasteiger partial charge on any atom is 0.433 e. The molecule has 0 aliphatic carbocycles. The molecule has 12 heteroatoms. The van der Waals surface area contributed by atoms with Gasteiger partial charge in [-0.1, -0.05) is 5.16 Å². The highest BCUT2D eigenvalue weighted by atomic mass is 32.1. The number of hydrogen-bond acceptors (Lipinski definition) is 9. The van der Waals surface area contributed by atoms with Crippen LogP contribution in [0.2, 0.25) is 0 Å². The van der Waals surface area contributed by atoms with E-state index in [1.807, 2.05) is 0 Å². The molecule has 0 fully saturated rings. The van der Waals surface area contributed by atoms with Gasteiger partial charge in [0.2, 0.25) is 16.7 Å². The highest BCUT2D eigenvalue weighted by Crippen LogP contribution is 2.14. The summed E-state index contributed by atoms with van der Waals surface area (Å²) in [6.07, 6.45) is -1.72. The Hall–Kier alpha value is -2.76. The Balaban J connectivity index is 2.85. The van der Waals surface area contributed by atoms with Crippen molar-refractivity contribution in [3.8, 4) is 0 Å². The van der Waals surface area contributed by atoms with Crippen molar-refractivity contribution < 1.29 is 29.1 Å². The molecule has 1 heterocycles. The molecule has 0 atom stereocenters. The molecule has 0 saturated heterocycles.